The molecule has 3 nitrogen and oxygen atoms in total. The van der Waals surface area contributed by atoms with Crippen LogP contribution in [0.3, 0.4) is 0 Å². The minimum atomic E-state index is -1.91. The number of hydrogen-bond acceptors (Lipinski definition) is 3. The Morgan fingerprint density at radius 3 is 1.91 bits per heavy atom. The van der Waals surface area contributed by atoms with E-state index in [1.807, 2.05) is 12.1 Å². The van der Waals surface area contributed by atoms with E-state index >= 15 is 0 Å². The first-order valence-electron chi connectivity index (χ1n) is 13.1. The zero-order valence-electron chi connectivity index (χ0n) is 24.2. The molecule has 1 rings (SSSR count). The normalized spacial score (nSPS) is 16.2. The molecule has 0 fully saturated rings. The van der Waals surface area contributed by atoms with E-state index in [-0.39, 0.29) is 28.2 Å². The minimum absolute atomic E-state index is 0.124. The lowest BCUT2D eigenvalue weighted by molar-refractivity contribution is 0.0572. The van der Waals surface area contributed by atoms with Gasteiger partial charge in [0.05, 0.1) is 12.7 Å². The van der Waals surface area contributed by atoms with Crippen molar-refractivity contribution in [1.82, 2.24) is 0 Å². The molecule has 34 heavy (non-hydrogen) atoms. The molecule has 0 saturated carbocycles. The summed E-state index contributed by atoms with van der Waals surface area (Å²) >= 11 is 0. The first kappa shape index (κ1) is 31.3. The highest BCUT2D eigenvalue weighted by molar-refractivity contribution is 6.74. The molecular weight excluding hydrogens is 452 g/mol. The van der Waals surface area contributed by atoms with E-state index in [1.54, 1.807) is 0 Å². The van der Waals surface area contributed by atoms with Crippen LogP contribution in [0.2, 0.25) is 36.3 Å². The van der Waals surface area contributed by atoms with Gasteiger partial charge in [0.1, 0.15) is 0 Å². The van der Waals surface area contributed by atoms with E-state index in [0.29, 0.717) is 6.61 Å². The molecule has 0 aliphatic rings. The molecule has 0 aromatic heterocycles. The molecule has 196 valence electrons. The van der Waals surface area contributed by atoms with Crippen molar-refractivity contribution in [2.75, 3.05) is 6.61 Å². The van der Waals surface area contributed by atoms with Gasteiger partial charge in [-0.1, -0.05) is 84.9 Å². The third kappa shape index (κ3) is 10.1. The lowest BCUT2D eigenvalue weighted by Crippen LogP contribution is -2.48. The second-order valence-corrected chi connectivity index (χ2v) is 22.4. The van der Waals surface area contributed by atoms with Crippen LogP contribution in [0.15, 0.2) is 43.0 Å². The first-order chi connectivity index (χ1) is 15.5. The lowest BCUT2D eigenvalue weighted by atomic mass is 9.97. The van der Waals surface area contributed by atoms with Crippen LogP contribution in [0.1, 0.15) is 73.3 Å². The lowest BCUT2D eigenvalue weighted by Gasteiger charge is -2.43. The summed E-state index contributed by atoms with van der Waals surface area (Å²) in [7, 11) is -3.81. The number of rotatable bonds is 14. The monoisotopic (exact) mass is 506 g/mol. The summed E-state index contributed by atoms with van der Waals surface area (Å²) < 4.78 is 19.9. The predicted octanol–water partition coefficient (Wildman–Crippen LogP) is 8.98. The maximum Gasteiger partial charge on any atom is 0.192 e. The Kier molecular flexibility index (Phi) is 12.0. The summed E-state index contributed by atoms with van der Waals surface area (Å²) in [6.45, 7) is 31.0. The van der Waals surface area contributed by atoms with Gasteiger partial charge in [-0.2, -0.15) is 0 Å². The van der Waals surface area contributed by atoms with Gasteiger partial charge in [-0.25, -0.2) is 0 Å². The van der Waals surface area contributed by atoms with Gasteiger partial charge in [0, 0.05) is 12.7 Å². The van der Waals surface area contributed by atoms with Crippen molar-refractivity contribution in [1.29, 1.82) is 0 Å². The molecule has 0 unspecified atom stereocenters. The molecular formula is C29H54O3Si2. The molecule has 0 spiro atoms. The summed E-state index contributed by atoms with van der Waals surface area (Å²) in [5.41, 5.74) is 1.22. The van der Waals surface area contributed by atoms with Crippen molar-refractivity contribution in [3.63, 3.8) is 0 Å². The third-order valence-corrected chi connectivity index (χ3v) is 16.9. The zero-order chi connectivity index (χ0) is 26.2. The second-order valence-electron chi connectivity index (χ2n) is 12.9. The quantitative estimate of drug-likeness (QED) is 0.143. The summed E-state index contributed by atoms with van der Waals surface area (Å²) in [6.07, 6.45) is 5.22. The molecule has 0 N–H and O–H groups in total. The van der Waals surface area contributed by atoms with E-state index in [4.69, 9.17) is 13.6 Å². The van der Waals surface area contributed by atoms with Gasteiger partial charge in [0.15, 0.2) is 16.6 Å². The van der Waals surface area contributed by atoms with Crippen molar-refractivity contribution < 1.29 is 13.6 Å². The van der Waals surface area contributed by atoms with Crippen LogP contribution in [0, 0.1) is 5.92 Å². The van der Waals surface area contributed by atoms with E-state index in [2.05, 4.69) is 105 Å². The summed E-state index contributed by atoms with van der Waals surface area (Å²) in [5.74, 6) is 0.286. The fraction of sp³-hybridized carbons (Fsp3) is 0.724. The maximum atomic E-state index is 6.98. The van der Waals surface area contributed by atoms with Crippen LogP contribution in [0.25, 0.3) is 0 Å². The van der Waals surface area contributed by atoms with Crippen molar-refractivity contribution in [3.05, 3.63) is 48.6 Å². The van der Waals surface area contributed by atoms with Crippen LogP contribution >= 0.6 is 0 Å². The Bertz CT molecular complexity index is 717. The molecule has 1 aromatic carbocycles. The van der Waals surface area contributed by atoms with Gasteiger partial charge >= 0.3 is 0 Å². The van der Waals surface area contributed by atoms with Gasteiger partial charge in [-0.15, -0.1) is 6.58 Å². The molecule has 1 aromatic rings. The number of hydrogen-bond donors (Lipinski definition) is 0. The smallest absolute Gasteiger partial charge is 0.192 e. The average molecular weight is 507 g/mol. The molecule has 0 amide bonds. The molecule has 0 bridgehead atoms. The van der Waals surface area contributed by atoms with E-state index < -0.39 is 16.6 Å². The topological polar surface area (TPSA) is 27.7 Å². The summed E-state index contributed by atoms with van der Waals surface area (Å²) in [4.78, 5) is 0. The first-order valence-corrected chi connectivity index (χ1v) is 18.9. The number of benzene rings is 1. The van der Waals surface area contributed by atoms with Gasteiger partial charge in [-0.05, 0) is 67.0 Å². The summed E-state index contributed by atoms with van der Waals surface area (Å²) in [6, 6.07) is 10.4. The molecule has 0 radical (unpaired) electrons. The Balaban J connectivity index is 2.92. The molecule has 0 saturated heterocycles. The highest BCUT2D eigenvalue weighted by Crippen LogP contribution is 2.41. The molecule has 0 aliphatic heterocycles. The van der Waals surface area contributed by atoms with Gasteiger partial charge in [0.25, 0.3) is 0 Å². The van der Waals surface area contributed by atoms with Crippen LogP contribution in [0.4, 0.5) is 0 Å². The van der Waals surface area contributed by atoms with Crippen LogP contribution in [-0.2, 0) is 20.2 Å². The van der Waals surface area contributed by atoms with Crippen molar-refractivity contribution in [3.8, 4) is 0 Å². The zero-order valence-corrected chi connectivity index (χ0v) is 26.2. The Labute approximate surface area is 213 Å². The Morgan fingerprint density at radius 1 is 0.882 bits per heavy atom. The van der Waals surface area contributed by atoms with E-state index in [1.165, 1.54) is 5.56 Å². The molecule has 0 aliphatic carbocycles. The van der Waals surface area contributed by atoms with Crippen molar-refractivity contribution >= 4 is 16.6 Å². The van der Waals surface area contributed by atoms with Crippen LogP contribution < -0.4 is 0 Å². The van der Waals surface area contributed by atoms with Gasteiger partial charge in [-0.3, -0.25) is 0 Å². The third-order valence-electron chi connectivity index (χ3n) is 7.90. The van der Waals surface area contributed by atoms with Crippen LogP contribution in [0.5, 0.6) is 0 Å². The second kappa shape index (κ2) is 13.0. The number of ether oxygens (including phenoxy) is 1. The maximum absolute atomic E-state index is 6.98. The predicted molar refractivity (Wildman–Crippen MR) is 153 cm³/mol. The van der Waals surface area contributed by atoms with Gasteiger partial charge < -0.3 is 13.6 Å². The van der Waals surface area contributed by atoms with Crippen LogP contribution in [-0.4, -0.2) is 35.4 Å². The fourth-order valence-electron chi connectivity index (χ4n) is 3.33. The van der Waals surface area contributed by atoms with E-state index in [0.717, 1.165) is 25.9 Å². The summed E-state index contributed by atoms with van der Waals surface area (Å²) in [5, 5.41) is 0.349. The standard InChI is InChI=1S/C29H54O3Si2/c1-13-24(2)27(32-34(11,12)29(6,7)8)22-26(31-33(9,10)28(3,4)5)20-17-21-30-23-25-18-15-14-16-19-25/h13-16,18-19,24,26-27H,1,17,20-23H2,2-12H3/t24-,26-,27+/m1/s1. The Hall–Kier alpha value is -0.726. The van der Waals surface area contributed by atoms with Crippen molar-refractivity contribution in [2.24, 2.45) is 5.92 Å². The molecule has 0 heterocycles. The van der Waals surface area contributed by atoms with E-state index in [9.17, 15) is 0 Å². The molecule has 5 heteroatoms. The van der Waals surface area contributed by atoms with Gasteiger partial charge in [0.2, 0.25) is 0 Å². The highest BCUT2D eigenvalue weighted by Gasteiger charge is 2.42. The minimum Gasteiger partial charge on any atom is -0.414 e. The van der Waals surface area contributed by atoms with Crippen molar-refractivity contribution in [2.45, 2.75) is 123 Å². The Morgan fingerprint density at radius 2 is 1.41 bits per heavy atom. The molecule has 3 atom stereocenters. The fourth-order valence-corrected chi connectivity index (χ4v) is 6.15. The highest BCUT2D eigenvalue weighted by atomic mass is 28.4. The largest absolute Gasteiger partial charge is 0.414 e. The SMILES string of the molecule is C=C[C@@H](C)[C@H](C[C@@H](CCCOCc1ccccc1)O[Si](C)(C)C(C)(C)C)O[Si](C)(C)C(C)(C)C. The average Bonchev–Trinajstić information content (AvgIpc) is 2.71.